The lowest BCUT2D eigenvalue weighted by atomic mass is 10.1. The fraction of sp³-hybridized carbons (Fsp3) is 0.333. The van der Waals surface area contributed by atoms with Crippen LogP contribution in [0, 0.1) is 3.57 Å². The minimum Gasteiger partial charge on any atom is -0.469 e. The Kier molecular flexibility index (Phi) is 4.39. The Morgan fingerprint density at radius 2 is 2.25 bits per heavy atom. The van der Waals surface area contributed by atoms with Crippen LogP contribution in [0.4, 0.5) is 8.78 Å². The molecule has 0 amide bonds. The second-order valence-electron chi connectivity index (χ2n) is 2.92. The van der Waals surface area contributed by atoms with Gasteiger partial charge in [-0.3, -0.25) is 9.59 Å². The lowest BCUT2D eigenvalue weighted by Gasteiger charge is -2.08. The summed E-state index contributed by atoms with van der Waals surface area (Å²) in [6, 6.07) is 0. The second kappa shape index (κ2) is 5.37. The van der Waals surface area contributed by atoms with E-state index in [1.54, 1.807) is 22.6 Å². The van der Waals surface area contributed by atoms with Crippen molar-refractivity contribution in [1.82, 2.24) is 4.98 Å². The van der Waals surface area contributed by atoms with Gasteiger partial charge in [0.05, 0.1) is 17.1 Å². The molecule has 0 bridgehead atoms. The van der Waals surface area contributed by atoms with Crippen molar-refractivity contribution < 1.29 is 18.3 Å². The van der Waals surface area contributed by atoms with Gasteiger partial charge < -0.3 is 9.72 Å². The SMILES string of the molecule is COC(=O)Cc1c(C(F)F)c[nH]c(=O)c1I. The molecule has 0 aliphatic rings. The highest BCUT2D eigenvalue weighted by atomic mass is 127. The number of hydrogen-bond donors (Lipinski definition) is 1. The van der Waals surface area contributed by atoms with Crippen LogP contribution in [0.2, 0.25) is 0 Å². The van der Waals surface area contributed by atoms with Gasteiger partial charge in [0.1, 0.15) is 0 Å². The predicted octanol–water partition coefficient (Wildman–Crippen LogP) is 1.63. The molecular weight excluding hydrogens is 335 g/mol. The number of esters is 1. The van der Waals surface area contributed by atoms with Gasteiger partial charge in [0, 0.05) is 11.8 Å². The first-order chi connectivity index (χ1) is 7.47. The summed E-state index contributed by atoms with van der Waals surface area (Å²) in [5.74, 6) is -0.662. The molecular formula is C9H8F2INO3. The Morgan fingerprint density at radius 3 is 2.75 bits per heavy atom. The molecule has 0 saturated heterocycles. The number of carbonyl (C=O) groups is 1. The van der Waals surface area contributed by atoms with Crippen molar-refractivity contribution in [3.8, 4) is 0 Å². The van der Waals surface area contributed by atoms with Crippen molar-refractivity contribution in [3.63, 3.8) is 0 Å². The monoisotopic (exact) mass is 343 g/mol. The smallest absolute Gasteiger partial charge is 0.310 e. The van der Waals surface area contributed by atoms with Crippen molar-refractivity contribution in [2.45, 2.75) is 12.8 Å². The van der Waals surface area contributed by atoms with Crippen molar-refractivity contribution in [2.24, 2.45) is 0 Å². The number of rotatable bonds is 3. The minimum atomic E-state index is -2.75. The van der Waals surface area contributed by atoms with Crippen LogP contribution in [0.3, 0.4) is 0 Å². The Balaban J connectivity index is 3.26. The number of aromatic amines is 1. The molecule has 0 spiro atoms. The van der Waals surface area contributed by atoms with Crippen molar-refractivity contribution in [1.29, 1.82) is 0 Å². The molecule has 0 radical (unpaired) electrons. The molecule has 1 aromatic heterocycles. The number of pyridine rings is 1. The van der Waals surface area contributed by atoms with Crippen molar-refractivity contribution in [2.75, 3.05) is 7.11 Å². The summed E-state index contributed by atoms with van der Waals surface area (Å²) in [7, 11) is 1.16. The molecule has 88 valence electrons. The third-order valence-electron chi connectivity index (χ3n) is 1.96. The Hall–Kier alpha value is -0.990. The van der Waals surface area contributed by atoms with E-state index >= 15 is 0 Å². The number of alkyl halides is 2. The summed E-state index contributed by atoms with van der Waals surface area (Å²) in [5.41, 5.74) is -0.829. The molecule has 1 rings (SSSR count). The van der Waals surface area contributed by atoms with Crippen LogP contribution in [-0.4, -0.2) is 18.1 Å². The maximum atomic E-state index is 12.6. The molecule has 7 heteroatoms. The summed E-state index contributed by atoms with van der Waals surface area (Å²) < 4.78 is 29.7. The first-order valence-electron chi connectivity index (χ1n) is 4.22. The molecule has 0 saturated carbocycles. The predicted molar refractivity (Wildman–Crippen MR) is 60.5 cm³/mol. The van der Waals surface area contributed by atoms with Gasteiger partial charge in [-0.1, -0.05) is 0 Å². The van der Waals surface area contributed by atoms with Gasteiger partial charge in [-0.2, -0.15) is 0 Å². The molecule has 0 aromatic carbocycles. The van der Waals surface area contributed by atoms with Crippen LogP contribution in [0.25, 0.3) is 0 Å². The van der Waals surface area contributed by atoms with E-state index in [-0.39, 0.29) is 21.1 Å². The Morgan fingerprint density at radius 1 is 1.62 bits per heavy atom. The highest BCUT2D eigenvalue weighted by Crippen LogP contribution is 2.24. The van der Waals surface area contributed by atoms with Crippen LogP contribution in [0.15, 0.2) is 11.0 Å². The average Bonchev–Trinajstić information content (AvgIpc) is 2.24. The molecule has 1 N–H and O–H groups in total. The average molecular weight is 343 g/mol. The number of halogens is 3. The van der Waals surface area contributed by atoms with E-state index in [1.807, 2.05) is 0 Å². The van der Waals surface area contributed by atoms with Crippen LogP contribution in [0.5, 0.6) is 0 Å². The summed E-state index contributed by atoms with van der Waals surface area (Å²) >= 11 is 1.63. The number of aromatic nitrogens is 1. The molecule has 0 aliphatic heterocycles. The molecule has 1 heterocycles. The Labute approximate surface area is 103 Å². The number of ether oxygens (including phenoxy) is 1. The van der Waals surface area contributed by atoms with E-state index in [4.69, 9.17) is 0 Å². The van der Waals surface area contributed by atoms with Gasteiger partial charge in [0.15, 0.2) is 0 Å². The lowest BCUT2D eigenvalue weighted by molar-refractivity contribution is -0.139. The zero-order valence-corrected chi connectivity index (χ0v) is 10.4. The van der Waals surface area contributed by atoms with Crippen LogP contribution < -0.4 is 5.56 Å². The molecule has 4 nitrogen and oxygen atoms in total. The molecule has 16 heavy (non-hydrogen) atoms. The van der Waals surface area contributed by atoms with E-state index in [1.165, 1.54) is 0 Å². The third kappa shape index (κ3) is 2.77. The highest BCUT2D eigenvalue weighted by molar-refractivity contribution is 14.1. The zero-order valence-electron chi connectivity index (χ0n) is 8.22. The van der Waals surface area contributed by atoms with Crippen molar-refractivity contribution >= 4 is 28.6 Å². The fourth-order valence-corrected chi connectivity index (χ4v) is 1.81. The zero-order chi connectivity index (χ0) is 12.3. The highest BCUT2D eigenvalue weighted by Gasteiger charge is 2.20. The normalized spacial score (nSPS) is 10.6. The van der Waals surface area contributed by atoms with Gasteiger partial charge in [-0.25, -0.2) is 8.78 Å². The van der Waals surface area contributed by atoms with Crippen molar-refractivity contribution in [3.05, 3.63) is 31.2 Å². The van der Waals surface area contributed by atoms with Gasteiger partial charge in [0.25, 0.3) is 12.0 Å². The van der Waals surface area contributed by atoms with E-state index in [9.17, 15) is 18.4 Å². The van der Waals surface area contributed by atoms with Gasteiger partial charge in [-0.15, -0.1) is 0 Å². The third-order valence-corrected chi connectivity index (χ3v) is 3.10. The van der Waals surface area contributed by atoms with Gasteiger partial charge in [0.2, 0.25) is 0 Å². The lowest BCUT2D eigenvalue weighted by Crippen LogP contribution is -2.18. The van der Waals surface area contributed by atoms with E-state index < -0.39 is 18.0 Å². The Bertz CT molecular complexity index is 459. The summed E-state index contributed by atoms with van der Waals surface area (Å²) in [6.45, 7) is 0. The molecule has 1 aromatic rings. The quantitative estimate of drug-likeness (QED) is 0.671. The first-order valence-corrected chi connectivity index (χ1v) is 5.30. The van der Waals surface area contributed by atoms with E-state index in [2.05, 4.69) is 9.72 Å². The van der Waals surface area contributed by atoms with Crippen LogP contribution in [-0.2, 0) is 16.0 Å². The second-order valence-corrected chi connectivity index (χ2v) is 4.00. The molecule has 0 unspecified atom stereocenters. The number of hydrogen-bond acceptors (Lipinski definition) is 3. The molecule has 0 fully saturated rings. The number of nitrogens with one attached hydrogen (secondary N) is 1. The van der Waals surface area contributed by atoms with Gasteiger partial charge >= 0.3 is 5.97 Å². The summed E-state index contributed by atoms with van der Waals surface area (Å²) in [6.07, 6.45) is -2.16. The number of carbonyl (C=O) groups excluding carboxylic acids is 1. The molecule has 0 atom stereocenters. The maximum Gasteiger partial charge on any atom is 0.310 e. The summed E-state index contributed by atoms with van der Waals surface area (Å²) in [4.78, 5) is 24.4. The van der Waals surface area contributed by atoms with Gasteiger partial charge in [-0.05, 0) is 28.2 Å². The first kappa shape index (κ1) is 13.1. The molecule has 0 aliphatic carbocycles. The van der Waals surface area contributed by atoms with Crippen LogP contribution >= 0.6 is 22.6 Å². The largest absolute Gasteiger partial charge is 0.469 e. The van der Waals surface area contributed by atoms with E-state index in [0.29, 0.717) is 0 Å². The number of H-pyrrole nitrogens is 1. The van der Waals surface area contributed by atoms with E-state index in [0.717, 1.165) is 13.3 Å². The maximum absolute atomic E-state index is 12.6. The fourth-order valence-electron chi connectivity index (χ4n) is 1.15. The summed E-state index contributed by atoms with van der Waals surface area (Å²) in [5, 5.41) is 0. The minimum absolute atomic E-state index is 0.0196. The standard InChI is InChI=1S/C9H8F2INO3/c1-16-6(14)2-4-5(8(10)11)3-13-9(15)7(4)12/h3,8H,2H2,1H3,(H,13,15). The number of methoxy groups -OCH3 is 1. The topological polar surface area (TPSA) is 59.2 Å². The van der Waals surface area contributed by atoms with Crippen LogP contribution in [0.1, 0.15) is 17.6 Å².